The molecule has 6 heteroatoms. The first-order chi connectivity index (χ1) is 10.0. The van der Waals surface area contributed by atoms with Gasteiger partial charge in [-0.25, -0.2) is 13.1 Å². The number of rotatable bonds is 9. The highest BCUT2D eigenvalue weighted by Gasteiger charge is 2.27. The molecule has 0 bridgehead atoms. The van der Waals surface area contributed by atoms with Gasteiger partial charge in [0.05, 0.1) is 5.75 Å². The highest BCUT2D eigenvalue weighted by Crippen LogP contribution is 2.25. The topological polar surface area (TPSA) is 75.4 Å². The second-order valence-corrected chi connectivity index (χ2v) is 7.34. The van der Waals surface area contributed by atoms with Crippen LogP contribution >= 0.6 is 0 Å². The fourth-order valence-electron chi connectivity index (χ4n) is 2.50. The van der Waals surface area contributed by atoms with E-state index < -0.39 is 10.0 Å². The molecule has 0 unspecified atom stereocenters. The van der Waals surface area contributed by atoms with Gasteiger partial charge in [-0.1, -0.05) is 31.2 Å². The van der Waals surface area contributed by atoms with Gasteiger partial charge in [-0.05, 0) is 30.5 Å². The van der Waals surface area contributed by atoms with Gasteiger partial charge in [-0.3, -0.25) is 4.90 Å². The molecule has 0 spiro atoms. The van der Waals surface area contributed by atoms with Crippen molar-refractivity contribution in [3.05, 3.63) is 35.4 Å². The van der Waals surface area contributed by atoms with Gasteiger partial charge in [0.25, 0.3) is 0 Å². The highest BCUT2D eigenvalue weighted by molar-refractivity contribution is 7.88. The Kier molecular flexibility index (Phi) is 5.75. The van der Waals surface area contributed by atoms with Gasteiger partial charge in [0.2, 0.25) is 10.0 Å². The minimum Gasteiger partial charge on any atom is -0.326 e. The third-order valence-corrected chi connectivity index (χ3v) is 5.13. The first kappa shape index (κ1) is 16.4. The van der Waals surface area contributed by atoms with Crippen molar-refractivity contribution in [2.75, 3.05) is 19.6 Å². The van der Waals surface area contributed by atoms with Crippen molar-refractivity contribution in [3.63, 3.8) is 0 Å². The molecule has 0 heterocycles. The Morgan fingerprint density at radius 1 is 1.33 bits per heavy atom. The number of nitrogens with two attached hydrogens (primary N) is 1. The third kappa shape index (κ3) is 5.39. The standard InChI is InChI=1S/C15H25N3O2S/c1-2-18(15-6-7-15)9-8-17-21(19,20)12-14-5-3-4-13(10-14)11-16/h3-5,10,15,17H,2,6-9,11-12,16H2,1H3. The molecule has 1 aliphatic rings. The molecule has 1 saturated carbocycles. The predicted molar refractivity (Wildman–Crippen MR) is 85.2 cm³/mol. The van der Waals surface area contributed by atoms with Crippen molar-refractivity contribution in [1.82, 2.24) is 9.62 Å². The fraction of sp³-hybridized carbons (Fsp3) is 0.600. The van der Waals surface area contributed by atoms with Gasteiger partial charge >= 0.3 is 0 Å². The van der Waals surface area contributed by atoms with Crippen molar-refractivity contribution in [3.8, 4) is 0 Å². The van der Waals surface area contributed by atoms with Crippen LogP contribution in [0.5, 0.6) is 0 Å². The molecule has 2 rings (SSSR count). The molecule has 1 aromatic carbocycles. The Hall–Kier alpha value is -0.950. The van der Waals surface area contributed by atoms with Gasteiger partial charge in [0, 0.05) is 25.7 Å². The summed E-state index contributed by atoms with van der Waals surface area (Å²) >= 11 is 0. The van der Waals surface area contributed by atoms with E-state index in [9.17, 15) is 8.42 Å². The Morgan fingerprint density at radius 3 is 2.67 bits per heavy atom. The quantitative estimate of drug-likeness (QED) is 0.715. The maximum absolute atomic E-state index is 12.1. The zero-order valence-corrected chi connectivity index (χ0v) is 13.4. The second-order valence-electron chi connectivity index (χ2n) is 5.54. The lowest BCUT2D eigenvalue weighted by Gasteiger charge is -2.19. The fourth-order valence-corrected chi connectivity index (χ4v) is 3.62. The summed E-state index contributed by atoms with van der Waals surface area (Å²) in [5.74, 6) is 0.0103. The van der Waals surface area contributed by atoms with Crippen molar-refractivity contribution >= 4 is 10.0 Å². The summed E-state index contributed by atoms with van der Waals surface area (Å²) in [6.07, 6.45) is 2.49. The number of hydrogen-bond acceptors (Lipinski definition) is 4. The van der Waals surface area contributed by atoms with Crippen LogP contribution in [0.4, 0.5) is 0 Å². The summed E-state index contributed by atoms with van der Waals surface area (Å²) in [5, 5.41) is 0. The van der Waals surface area contributed by atoms with Crippen LogP contribution in [-0.2, 0) is 22.3 Å². The van der Waals surface area contributed by atoms with Crippen LogP contribution in [-0.4, -0.2) is 39.0 Å². The van der Waals surface area contributed by atoms with Crippen molar-refractivity contribution < 1.29 is 8.42 Å². The first-order valence-corrected chi connectivity index (χ1v) is 9.18. The molecule has 1 aromatic rings. The van der Waals surface area contributed by atoms with E-state index in [-0.39, 0.29) is 5.75 Å². The Morgan fingerprint density at radius 2 is 2.05 bits per heavy atom. The van der Waals surface area contributed by atoms with Gasteiger partial charge in [0.1, 0.15) is 0 Å². The lowest BCUT2D eigenvalue weighted by molar-refractivity contribution is 0.282. The van der Waals surface area contributed by atoms with Crippen molar-refractivity contribution in [1.29, 1.82) is 0 Å². The maximum atomic E-state index is 12.1. The number of nitrogens with one attached hydrogen (secondary N) is 1. The summed E-state index contributed by atoms with van der Waals surface area (Å²) < 4.78 is 26.9. The van der Waals surface area contributed by atoms with E-state index in [1.165, 1.54) is 12.8 Å². The average molecular weight is 311 g/mol. The van der Waals surface area contributed by atoms with Crippen LogP contribution in [0.15, 0.2) is 24.3 Å². The van der Waals surface area contributed by atoms with E-state index >= 15 is 0 Å². The van der Waals surface area contributed by atoms with E-state index in [1.807, 2.05) is 24.3 Å². The molecule has 0 aromatic heterocycles. The van der Waals surface area contributed by atoms with Crippen molar-refractivity contribution in [2.24, 2.45) is 5.73 Å². The summed E-state index contributed by atoms with van der Waals surface area (Å²) in [6.45, 7) is 4.77. The lowest BCUT2D eigenvalue weighted by Crippen LogP contribution is -2.36. The van der Waals surface area contributed by atoms with Crippen LogP contribution in [0, 0.1) is 0 Å². The summed E-state index contributed by atoms with van der Waals surface area (Å²) in [5.41, 5.74) is 7.31. The van der Waals surface area contributed by atoms with Crippen LogP contribution in [0.1, 0.15) is 30.9 Å². The number of nitrogens with zero attached hydrogens (tertiary/aromatic N) is 1. The molecule has 0 saturated heterocycles. The van der Waals surface area contributed by atoms with Gasteiger partial charge < -0.3 is 5.73 Å². The Bertz CT molecular complexity index is 556. The first-order valence-electron chi connectivity index (χ1n) is 7.53. The summed E-state index contributed by atoms with van der Waals surface area (Å²) in [4.78, 5) is 2.33. The van der Waals surface area contributed by atoms with Crippen LogP contribution in [0.3, 0.4) is 0 Å². The molecule has 0 amide bonds. The minimum atomic E-state index is -3.29. The number of hydrogen-bond donors (Lipinski definition) is 2. The molecular formula is C15H25N3O2S. The zero-order valence-electron chi connectivity index (χ0n) is 12.6. The molecule has 118 valence electrons. The summed E-state index contributed by atoms with van der Waals surface area (Å²) in [7, 11) is -3.29. The van der Waals surface area contributed by atoms with Crippen LogP contribution < -0.4 is 10.5 Å². The molecule has 0 radical (unpaired) electrons. The van der Waals surface area contributed by atoms with Crippen LogP contribution in [0.25, 0.3) is 0 Å². The smallest absolute Gasteiger partial charge is 0.215 e. The second kappa shape index (κ2) is 7.35. The lowest BCUT2D eigenvalue weighted by atomic mass is 10.1. The van der Waals surface area contributed by atoms with Crippen LogP contribution in [0.2, 0.25) is 0 Å². The molecule has 0 atom stereocenters. The van der Waals surface area contributed by atoms with Gasteiger partial charge in [-0.2, -0.15) is 0 Å². The summed E-state index contributed by atoms with van der Waals surface area (Å²) in [6, 6.07) is 8.08. The maximum Gasteiger partial charge on any atom is 0.215 e. The number of benzene rings is 1. The molecule has 3 N–H and O–H groups in total. The largest absolute Gasteiger partial charge is 0.326 e. The van der Waals surface area contributed by atoms with E-state index in [0.717, 1.165) is 24.2 Å². The van der Waals surface area contributed by atoms with E-state index in [0.29, 0.717) is 19.1 Å². The highest BCUT2D eigenvalue weighted by atomic mass is 32.2. The zero-order chi connectivity index (χ0) is 15.3. The minimum absolute atomic E-state index is 0.0103. The van der Waals surface area contributed by atoms with Gasteiger partial charge in [-0.15, -0.1) is 0 Å². The van der Waals surface area contributed by atoms with E-state index in [2.05, 4.69) is 16.5 Å². The van der Waals surface area contributed by atoms with E-state index in [1.54, 1.807) is 0 Å². The van der Waals surface area contributed by atoms with Crippen molar-refractivity contribution in [2.45, 2.75) is 38.1 Å². The number of sulfonamides is 1. The SMILES string of the molecule is CCN(CCNS(=O)(=O)Cc1cccc(CN)c1)C1CC1. The normalized spacial score (nSPS) is 15.6. The molecule has 1 aliphatic carbocycles. The van der Waals surface area contributed by atoms with E-state index in [4.69, 9.17) is 5.73 Å². The molecule has 21 heavy (non-hydrogen) atoms. The molecular weight excluding hydrogens is 286 g/mol. The Labute approximate surface area is 127 Å². The molecule has 5 nitrogen and oxygen atoms in total. The Balaban J connectivity index is 1.83. The average Bonchev–Trinajstić information content (AvgIpc) is 3.28. The molecule has 1 fully saturated rings. The van der Waals surface area contributed by atoms with Gasteiger partial charge in [0.15, 0.2) is 0 Å². The third-order valence-electron chi connectivity index (χ3n) is 3.77. The number of likely N-dealkylation sites (N-methyl/N-ethyl adjacent to an activating group) is 1. The monoisotopic (exact) mass is 311 g/mol. The predicted octanol–water partition coefficient (Wildman–Crippen LogP) is 1.05. The molecule has 0 aliphatic heterocycles.